The summed E-state index contributed by atoms with van der Waals surface area (Å²) in [6.45, 7) is 5.84. The Kier molecular flexibility index (Phi) is 6.92. The zero-order valence-corrected chi connectivity index (χ0v) is 16.4. The Hall–Kier alpha value is -2.45. The molecule has 0 aliphatic rings. The molecule has 0 saturated heterocycles. The van der Waals surface area contributed by atoms with Crippen LogP contribution in [-0.2, 0) is 14.8 Å². The molecule has 0 radical (unpaired) electrons. The molecule has 0 bridgehead atoms. The number of halogens is 1. The fourth-order valence-electron chi connectivity index (χ4n) is 2.64. The summed E-state index contributed by atoms with van der Waals surface area (Å²) in [7, 11) is -3.63. The second-order valence-corrected chi connectivity index (χ2v) is 7.86. The minimum atomic E-state index is -3.63. The molecule has 146 valence electrons. The smallest absolute Gasteiger partial charge is 0.243 e. The van der Waals surface area contributed by atoms with Gasteiger partial charge in [0.25, 0.3) is 0 Å². The minimum absolute atomic E-state index is 0.146. The number of hydrogen-bond donors (Lipinski definition) is 2. The van der Waals surface area contributed by atoms with Crippen molar-refractivity contribution in [3.63, 3.8) is 0 Å². The SMILES string of the molecule is CCN(CC)S(=O)(=O)c1cc(NC(=O)CNc2ccccc2F)ccc1C. The first-order valence-corrected chi connectivity index (χ1v) is 10.1. The maximum Gasteiger partial charge on any atom is 0.243 e. The van der Waals surface area contributed by atoms with E-state index in [0.717, 1.165) is 0 Å². The third-order valence-corrected chi connectivity index (χ3v) is 6.30. The highest BCUT2D eigenvalue weighted by atomic mass is 32.2. The first-order chi connectivity index (χ1) is 12.8. The van der Waals surface area contributed by atoms with Gasteiger partial charge in [0, 0.05) is 18.8 Å². The van der Waals surface area contributed by atoms with Gasteiger partial charge in [0.05, 0.1) is 17.1 Å². The van der Waals surface area contributed by atoms with Crippen LogP contribution in [0.5, 0.6) is 0 Å². The molecule has 2 N–H and O–H groups in total. The summed E-state index contributed by atoms with van der Waals surface area (Å²) in [5.74, 6) is -0.860. The number of nitrogens with one attached hydrogen (secondary N) is 2. The Balaban J connectivity index is 2.13. The van der Waals surface area contributed by atoms with Crippen molar-refractivity contribution in [2.45, 2.75) is 25.7 Å². The van der Waals surface area contributed by atoms with Crippen molar-refractivity contribution >= 4 is 27.3 Å². The number of sulfonamides is 1. The Bertz CT molecular complexity index is 912. The number of hydrogen-bond acceptors (Lipinski definition) is 4. The molecular weight excluding hydrogens is 369 g/mol. The van der Waals surface area contributed by atoms with Crippen LogP contribution in [0.2, 0.25) is 0 Å². The van der Waals surface area contributed by atoms with Gasteiger partial charge in [0.15, 0.2) is 0 Å². The molecule has 0 atom stereocenters. The van der Waals surface area contributed by atoms with Gasteiger partial charge in [-0.2, -0.15) is 4.31 Å². The minimum Gasteiger partial charge on any atom is -0.374 e. The lowest BCUT2D eigenvalue weighted by molar-refractivity contribution is -0.114. The van der Waals surface area contributed by atoms with E-state index in [1.54, 1.807) is 45.0 Å². The molecule has 1 amide bonds. The highest BCUT2D eigenvalue weighted by Gasteiger charge is 2.24. The lowest BCUT2D eigenvalue weighted by Crippen LogP contribution is -2.31. The van der Waals surface area contributed by atoms with Crippen molar-refractivity contribution in [2.24, 2.45) is 0 Å². The Labute approximate surface area is 159 Å². The van der Waals surface area contributed by atoms with Gasteiger partial charge in [-0.25, -0.2) is 12.8 Å². The van der Waals surface area contributed by atoms with Crippen molar-refractivity contribution in [2.75, 3.05) is 30.3 Å². The normalized spacial score (nSPS) is 11.4. The molecule has 0 aliphatic carbocycles. The molecule has 2 aromatic carbocycles. The number of aryl methyl sites for hydroxylation is 1. The number of amides is 1. The van der Waals surface area contributed by atoms with E-state index >= 15 is 0 Å². The molecule has 0 aliphatic heterocycles. The number of nitrogens with zero attached hydrogens (tertiary/aromatic N) is 1. The van der Waals surface area contributed by atoms with Crippen LogP contribution >= 0.6 is 0 Å². The van der Waals surface area contributed by atoms with Crippen LogP contribution in [0.1, 0.15) is 19.4 Å². The third kappa shape index (κ3) is 5.05. The second kappa shape index (κ2) is 8.96. The van der Waals surface area contributed by atoms with Gasteiger partial charge in [0.2, 0.25) is 15.9 Å². The summed E-state index contributed by atoms with van der Waals surface area (Å²) in [5.41, 5.74) is 1.19. The van der Waals surface area contributed by atoms with E-state index in [2.05, 4.69) is 10.6 Å². The summed E-state index contributed by atoms with van der Waals surface area (Å²) >= 11 is 0. The van der Waals surface area contributed by atoms with E-state index < -0.39 is 21.7 Å². The molecule has 6 nitrogen and oxygen atoms in total. The van der Waals surface area contributed by atoms with E-state index in [1.165, 1.54) is 22.5 Å². The van der Waals surface area contributed by atoms with Crippen LogP contribution in [0.15, 0.2) is 47.4 Å². The van der Waals surface area contributed by atoms with Crippen LogP contribution in [0.3, 0.4) is 0 Å². The van der Waals surface area contributed by atoms with Gasteiger partial charge in [-0.05, 0) is 36.8 Å². The van der Waals surface area contributed by atoms with Gasteiger partial charge in [-0.3, -0.25) is 4.79 Å². The third-order valence-electron chi connectivity index (χ3n) is 4.11. The monoisotopic (exact) mass is 393 g/mol. The Morgan fingerprint density at radius 2 is 1.78 bits per heavy atom. The highest BCUT2D eigenvalue weighted by molar-refractivity contribution is 7.89. The Morgan fingerprint density at radius 1 is 1.11 bits per heavy atom. The number of anilines is 2. The standard InChI is InChI=1S/C19H24FN3O3S/c1-4-23(5-2)27(25,26)18-12-15(11-10-14(18)3)22-19(24)13-21-17-9-7-6-8-16(17)20/h6-12,21H,4-5,13H2,1-3H3,(H,22,24). The van der Waals surface area contributed by atoms with Crippen molar-refractivity contribution < 1.29 is 17.6 Å². The molecule has 0 unspecified atom stereocenters. The molecule has 0 spiro atoms. The van der Waals surface area contributed by atoms with E-state index in [4.69, 9.17) is 0 Å². The summed E-state index contributed by atoms with van der Waals surface area (Å²) in [5, 5.41) is 5.35. The number of carbonyl (C=O) groups excluding carboxylic acids is 1. The fraction of sp³-hybridized carbons (Fsp3) is 0.316. The van der Waals surface area contributed by atoms with Crippen LogP contribution in [0, 0.1) is 12.7 Å². The predicted octanol–water partition coefficient (Wildman–Crippen LogP) is 3.22. The number of benzene rings is 2. The van der Waals surface area contributed by atoms with Gasteiger partial charge in [-0.1, -0.05) is 32.0 Å². The van der Waals surface area contributed by atoms with Crippen molar-refractivity contribution in [3.05, 3.63) is 53.8 Å². The molecule has 8 heteroatoms. The van der Waals surface area contributed by atoms with Crippen molar-refractivity contribution in [1.29, 1.82) is 0 Å². The van der Waals surface area contributed by atoms with Crippen LogP contribution in [0.25, 0.3) is 0 Å². The average Bonchev–Trinajstić information content (AvgIpc) is 2.63. The van der Waals surface area contributed by atoms with Gasteiger partial charge >= 0.3 is 0 Å². The van der Waals surface area contributed by atoms with Gasteiger partial charge in [-0.15, -0.1) is 0 Å². The first kappa shape index (κ1) is 20.9. The van der Waals surface area contributed by atoms with Gasteiger partial charge < -0.3 is 10.6 Å². The number of para-hydroxylation sites is 1. The van der Waals surface area contributed by atoms with Crippen molar-refractivity contribution in [1.82, 2.24) is 4.31 Å². The fourth-order valence-corrected chi connectivity index (χ4v) is 4.35. The summed E-state index contributed by atoms with van der Waals surface area (Å²) in [4.78, 5) is 12.3. The highest BCUT2D eigenvalue weighted by Crippen LogP contribution is 2.23. The van der Waals surface area contributed by atoms with E-state index in [1.807, 2.05) is 0 Å². The lowest BCUT2D eigenvalue weighted by atomic mass is 10.2. The summed E-state index contributed by atoms with van der Waals surface area (Å²) in [6, 6.07) is 10.8. The molecule has 0 fully saturated rings. The summed E-state index contributed by atoms with van der Waals surface area (Å²) in [6.07, 6.45) is 0. The van der Waals surface area contributed by atoms with Gasteiger partial charge in [0.1, 0.15) is 5.82 Å². The lowest BCUT2D eigenvalue weighted by Gasteiger charge is -2.20. The number of carbonyl (C=O) groups is 1. The molecule has 2 aromatic rings. The summed E-state index contributed by atoms with van der Waals surface area (Å²) < 4.78 is 40.5. The molecule has 0 aromatic heterocycles. The predicted molar refractivity (Wildman–Crippen MR) is 105 cm³/mol. The zero-order chi connectivity index (χ0) is 20.0. The topological polar surface area (TPSA) is 78.5 Å². The number of rotatable bonds is 8. The molecule has 0 saturated carbocycles. The van der Waals surface area contributed by atoms with E-state index in [-0.39, 0.29) is 17.1 Å². The largest absolute Gasteiger partial charge is 0.374 e. The molecular formula is C19H24FN3O3S. The maximum absolute atomic E-state index is 13.6. The molecule has 2 rings (SSSR count). The first-order valence-electron chi connectivity index (χ1n) is 8.68. The average molecular weight is 393 g/mol. The zero-order valence-electron chi connectivity index (χ0n) is 15.6. The quantitative estimate of drug-likeness (QED) is 0.722. The Morgan fingerprint density at radius 3 is 2.41 bits per heavy atom. The second-order valence-electron chi connectivity index (χ2n) is 5.95. The van der Waals surface area contributed by atoms with Crippen molar-refractivity contribution in [3.8, 4) is 0 Å². The molecule has 27 heavy (non-hydrogen) atoms. The maximum atomic E-state index is 13.6. The van der Waals surface area contributed by atoms with Crippen LogP contribution < -0.4 is 10.6 Å². The van der Waals surface area contributed by atoms with Crippen LogP contribution in [-0.4, -0.2) is 38.3 Å². The molecule has 0 heterocycles. The van der Waals surface area contributed by atoms with E-state index in [0.29, 0.717) is 24.3 Å². The van der Waals surface area contributed by atoms with E-state index in [9.17, 15) is 17.6 Å². The van der Waals surface area contributed by atoms with Crippen LogP contribution in [0.4, 0.5) is 15.8 Å².